The van der Waals surface area contributed by atoms with Gasteiger partial charge in [-0.25, -0.2) is 0 Å². The highest BCUT2D eigenvalue weighted by Crippen LogP contribution is 2.54. The number of carbonyl (C=O) groups excluding carboxylic acids is 1. The van der Waals surface area contributed by atoms with Gasteiger partial charge in [-0.3, -0.25) is 9.78 Å². The van der Waals surface area contributed by atoms with Gasteiger partial charge in [-0.2, -0.15) is 0 Å². The van der Waals surface area contributed by atoms with E-state index in [1.54, 1.807) is 6.20 Å². The first kappa shape index (κ1) is 15.7. The number of rotatable bonds is 2. The summed E-state index contributed by atoms with van der Waals surface area (Å²) in [6, 6.07) is 17.9. The fourth-order valence-electron chi connectivity index (χ4n) is 4.66. The molecule has 0 saturated carbocycles. The van der Waals surface area contributed by atoms with Gasteiger partial charge in [-0.15, -0.1) is 0 Å². The fraction of sp³-hybridized carbons (Fsp3) is 0.217. The average molecular weight is 370 g/mol. The Morgan fingerprint density at radius 3 is 2.79 bits per heavy atom. The Bertz CT molecular complexity index is 1110. The molecule has 4 heterocycles. The van der Waals surface area contributed by atoms with Crippen LogP contribution in [0.15, 0.2) is 60.8 Å². The van der Waals surface area contributed by atoms with Crippen molar-refractivity contribution in [3.8, 4) is 11.5 Å². The van der Waals surface area contributed by atoms with E-state index >= 15 is 0 Å². The maximum atomic E-state index is 13.8. The van der Waals surface area contributed by atoms with Crippen LogP contribution in [0, 0.1) is 0 Å². The van der Waals surface area contributed by atoms with Crippen LogP contribution in [-0.4, -0.2) is 24.1 Å². The molecule has 3 aliphatic rings. The largest absolute Gasteiger partial charge is 0.493 e. The van der Waals surface area contributed by atoms with Gasteiger partial charge in [0.15, 0.2) is 0 Å². The Morgan fingerprint density at radius 2 is 1.89 bits per heavy atom. The minimum Gasteiger partial charge on any atom is -0.493 e. The zero-order valence-corrected chi connectivity index (χ0v) is 15.2. The summed E-state index contributed by atoms with van der Waals surface area (Å²) in [4.78, 5) is 20.1. The summed E-state index contributed by atoms with van der Waals surface area (Å²) in [6.45, 7) is 1.45. The summed E-state index contributed by atoms with van der Waals surface area (Å²) in [5.74, 6) is 1.68. The number of anilines is 1. The molecule has 1 spiro atoms. The maximum Gasteiger partial charge on any atom is 0.246 e. The van der Waals surface area contributed by atoms with Crippen LogP contribution in [0.25, 0.3) is 0 Å². The zero-order chi connectivity index (χ0) is 18.7. The molecule has 0 aliphatic carbocycles. The van der Waals surface area contributed by atoms with Gasteiger partial charge in [0, 0.05) is 29.9 Å². The molecule has 1 aromatic heterocycles. The third kappa shape index (κ3) is 1.96. The summed E-state index contributed by atoms with van der Waals surface area (Å²) < 4.78 is 11.7. The number of benzene rings is 2. The number of carbonyl (C=O) groups is 1. The first-order chi connectivity index (χ1) is 13.8. The van der Waals surface area contributed by atoms with Gasteiger partial charge in [-0.1, -0.05) is 24.3 Å². The highest BCUT2D eigenvalue weighted by Gasteiger charge is 2.57. The lowest BCUT2D eigenvalue weighted by molar-refractivity contribution is -0.122. The first-order valence-corrected chi connectivity index (χ1v) is 9.52. The van der Waals surface area contributed by atoms with Crippen LogP contribution >= 0.6 is 0 Å². The van der Waals surface area contributed by atoms with Crippen molar-refractivity contribution in [2.75, 3.05) is 18.1 Å². The molecule has 1 atom stereocenters. The van der Waals surface area contributed by atoms with Gasteiger partial charge in [0.2, 0.25) is 5.91 Å². The lowest BCUT2D eigenvalue weighted by Crippen LogP contribution is -2.42. The molecular weight excluding hydrogens is 352 g/mol. The monoisotopic (exact) mass is 370 g/mol. The van der Waals surface area contributed by atoms with Crippen molar-refractivity contribution in [2.24, 2.45) is 0 Å². The van der Waals surface area contributed by atoms with Crippen molar-refractivity contribution >= 4 is 11.6 Å². The second-order valence-corrected chi connectivity index (χ2v) is 7.48. The number of nitrogens with zero attached hydrogens (tertiary/aromatic N) is 2. The Labute approximate surface area is 162 Å². The molecule has 5 heteroatoms. The second-order valence-electron chi connectivity index (χ2n) is 7.48. The van der Waals surface area contributed by atoms with Crippen LogP contribution in [-0.2, 0) is 23.2 Å². The lowest BCUT2D eigenvalue weighted by atomic mass is 9.76. The predicted octanol–water partition coefficient (Wildman–Crippen LogP) is 3.24. The predicted molar refractivity (Wildman–Crippen MR) is 104 cm³/mol. The van der Waals surface area contributed by atoms with Crippen LogP contribution in [0.2, 0.25) is 0 Å². The highest BCUT2D eigenvalue weighted by atomic mass is 16.5. The molecule has 3 aliphatic heterocycles. The Hall–Kier alpha value is -3.34. The third-order valence-corrected chi connectivity index (χ3v) is 6.01. The van der Waals surface area contributed by atoms with Gasteiger partial charge < -0.3 is 14.4 Å². The van der Waals surface area contributed by atoms with E-state index in [-0.39, 0.29) is 5.91 Å². The second kappa shape index (κ2) is 5.58. The molecule has 1 unspecified atom stereocenters. The highest BCUT2D eigenvalue weighted by molar-refractivity contribution is 6.11. The summed E-state index contributed by atoms with van der Waals surface area (Å²) in [6.07, 6.45) is 2.63. The standard InChI is InChI=1S/C23H18N2O3/c26-22-23(14-28-21-12-20-15(8-10-27-20)11-18(21)23)17-6-1-2-7-19(17)25(22)13-16-5-3-4-9-24-16/h1-7,9,11-12H,8,10,13-14H2. The molecule has 0 radical (unpaired) electrons. The summed E-state index contributed by atoms with van der Waals surface area (Å²) in [5, 5.41) is 0. The minimum absolute atomic E-state index is 0.0527. The Balaban J connectivity index is 1.52. The Morgan fingerprint density at radius 1 is 1.00 bits per heavy atom. The van der Waals surface area contributed by atoms with Crippen molar-refractivity contribution in [3.05, 3.63) is 83.2 Å². The van der Waals surface area contributed by atoms with E-state index in [1.165, 1.54) is 0 Å². The number of hydrogen-bond donors (Lipinski definition) is 0. The number of pyridine rings is 1. The van der Waals surface area contributed by atoms with E-state index in [4.69, 9.17) is 9.47 Å². The molecule has 0 N–H and O–H groups in total. The van der Waals surface area contributed by atoms with Crippen LogP contribution in [0.4, 0.5) is 5.69 Å². The van der Waals surface area contributed by atoms with Gasteiger partial charge >= 0.3 is 0 Å². The van der Waals surface area contributed by atoms with E-state index < -0.39 is 5.41 Å². The molecule has 2 aromatic carbocycles. The van der Waals surface area contributed by atoms with Crippen LogP contribution in [0.5, 0.6) is 11.5 Å². The smallest absolute Gasteiger partial charge is 0.246 e. The summed E-state index contributed by atoms with van der Waals surface area (Å²) >= 11 is 0. The molecule has 5 nitrogen and oxygen atoms in total. The van der Waals surface area contributed by atoms with Gasteiger partial charge in [0.05, 0.1) is 18.8 Å². The van der Waals surface area contributed by atoms with Gasteiger partial charge in [0.25, 0.3) is 0 Å². The SMILES string of the molecule is O=C1N(Cc2ccccn2)c2ccccc2C12COc1cc3c(cc12)CCO3. The first-order valence-electron chi connectivity index (χ1n) is 9.52. The number of hydrogen-bond acceptors (Lipinski definition) is 4. The van der Waals surface area contributed by atoms with Crippen LogP contribution in [0.1, 0.15) is 22.4 Å². The number of ether oxygens (including phenoxy) is 2. The van der Waals surface area contributed by atoms with Crippen molar-refractivity contribution in [3.63, 3.8) is 0 Å². The molecule has 3 aromatic rings. The quantitative estimate of drug-likeness (QED) is 0.695. The Kier molecular flexibility index (Phi) is 3.13. The zero-order valence-electron chi connectivity index (χ0n) is 15.2. The average Bonchev–Trinajstić information content (AvgIpc) is 3.40. The molecule has 0 saturated heterocycles. The van der Waals surface area contributed by atoms with Crippen molar-refractivity contribution in [1.82, 2.24) is 4.98 Å². The molecule has 1 amide bonds. The number of para-hydroxylation sites is 1. The lowest BCUT2D eigenvalue weighted by Gasteiger charge is -2.23. The maximum absolute atomic E-state index is 13.8. The van der Waals surface area contributed by atoms with E-state index in [9.17, 15) is 4.79 Å². The van der Waals surface area contributed by atoms with Crippen LogP contribution < -0.4 is 14.4 Å². The molecule has 0 bridgehead atoms. The molecule has 6 rings (SSSR count). The van der Waals surface area contributed by atoms with E-state index in [1.807, 2.05) is 53.4 Å². The number of fused-ring (bicyclic) bond motifs is 5. The molecule has 0 fully saturated rings. The minimum atomic E-state index is -0.793. The summed E-state index contributed by atoms with van der Waals surface area (Å²) in [7, 11) is 0. The van der Waals surface area contributed by atoms with Crippen molar-refractivity contribution < 1.29 is 14.3 Å². The normalized spacial score (nSPS) is 21.3. The molecule has 138 valence electrons. The van der Waals surface area contributed by atoms with E-state index in [0.29, 0.717) is 19.8 Å². The molecule has 28 heavy (non-hydrogen) atoms. The van der Waals surface area contributed by atoms with Crippen molar-refractivity contribution in [1.29, 1.82) is 0 Å². The van der Waals surface area contributed by atoms with Gasteiger partial charge in [-0.05, 0) is 35.4 Å². The third-order valence-electron chi connectivity index (χ3n) is 6.01. The van der Waals surface area contributed by atoms with Gasteiger partial charge in [0.1, 0.15) is 23.5 Å². The summed E-state index contributed by atoms with van der Waals surface area (Å²) in [5.41, 5.74) is 4.12. The fourth-order valence-corrected chi connectivity index (χ4v) is 4.66. The number of amides is 1. The van der Waals surface area contributed by atoms with Crippen molar-refractivity contribution in [2.45, 2.75) is 18.4 Å². The number of aromatic nitrogens is 1. The van der Waals surface area contributed by atoms with Crippen LogP contribution in [0.3, 0.4) is 0 Å². The van der Waals surface area contributed by atoms with E-state index in [0.717, 1.165) is 46.0 Å². The topological polar surface area (TPSA) is 51.7 Å². The molecular formula is C23H18N2O3. The van der Waals surface area contributed by atoms with E-state index in [2.05, 4.69) is 11.1 Å².